The van der Waals surface area contributed by atoms with Crippen molar-refractivity contribution in [2.24, 2.45) is 0 Å². The highest BCUT2D eigenvalue weighted by Crippen LogP contribution is 2.25. The molecule has 1 aromatic carbocycles. The fourth-order valence-corrected chi connectivity index (χ4v) is 4.02. The Morgan fingerprint density at radius 1 is 1.29 bits per heavy atom. The molecular weight excluding hydrogens is 378 g/mol. The molecule has 1 atom stereocenters. The number of carbonyl (C=O) groups is 1. The zero-order valence-corrected chi connectivity index (χ0v) is 17.3. The topological polar surface area (TPSA) is 86.1 Å². The van der Waals surface area contributed by atoms with Crippen LogP contribution >= 0.6 is 11.3 Å². The molecule has 0 amide bonds. The molecule has 1 aromatic heterocycles. The average molecular weight is 406 g/mol. The van der Waals surface area contributed by atoms with Gasteiger partial charge in [-0.3, -0.25) is 4.90 Å². The van der Waals surface area contributed by atoms with E-state index in [4.69, 9.17) is 4.74 Å². The van der Waals surface area contributed by atoms with E-state index in [1.807, 2.05) is 6.92 Å². The summed E-state index contributed by atoms with van der Waals surface area (Å²) in [5.41, 5.74) is 1.71. The van der Waals surface area contributed by atoms with Crippen molar-refractivity contribution in [3.63, 3.8) is 0 Å². The van der Waals surface area contributed by atoms with Gasteiger partial charge in [-0.05, 0) is 38.5 Å². The van der Waals surface area contributed by atoms with Gasteiger partial charge < -0.3 is 19.8 Å². The maximum atomic E-state index is 12.1. The van der Waals surface area contributed by atoms with Gasteiger partial charge >= 0.3 is 5.97 Å². The van der Waals surface area contributed by atoms with Crippen molar-refractivity contribution in [1.29, 1.82) is 0 Å². The number of aliphatic hydroxyl groups excluding tert-OH is 1. The number of aromatic hydroxyl groups is 1. The van der Waals surface area contributed by atoms with Crippen LogP contribution in [-0.4, -0.2) is 64.9 Å². The minimum atomic E-state index is -0.750. The molecule has 3 rings (SSSR count). The molecular formula is C20H27N3O4S. The summed E-state index contributed by atoms with van der Waals surface area (Å²) >= 11 is 1.66. The van der Waals surface area contributed by atoms with E-state index in [1.54, 1.807) is 31.3 Å². The maximum absolute atomic E-state index is 12.1. The van der Waals surface area contributed by atoms with E-state index in [1.165, 1.54) is 12.1 Å². The van der Waals surface area contributed by atoms with Gasteiger partial charge in [0.05, 0.1) is 17.9 Å². The molecule has 1 aliphatic heterocycles. The van der Waals surface area contributed by atoms with Crippen LogP contribution in [0, 0.1) is 6.92 Å². The quantitative estimate of drug-likeness (QED) is 0.715. The van der Waals surface area contributed by atoms with E-state index in [0.29, 0.717) is 12.1 Å². The summed E-state index contributed by atoms with van der Waals surface area (Å²) in [5, 5.41) is 23.7. The number of hydrogen-bond donors (Lipinski definition) is 2. The van der Waals surface area contributed by atoms with Crippen molar-refractivity contribution < 1.29 is 19.7 Å². The lowest BCUT2D eigenvalue weighted by Gasteiger charge is -2.35. The second-order valence-corrected chi connectivity index (χ2v) is 8.14. The number of aliphatic hydroxyl groups is 1. The molecule has 152 valence electrons. The molecule has 2 heterocycles. The number of aryl methyl sites for hydroxylation is 1. The van der Waals surface area contributed by atoms with Crippen molar-refractivity contribution in [1.82, 2.24) is 9.88 Å². The summed E-state index contributed by atoms with van der Waals surface area (Å²) in [4.78, 5) is 21.1. The van der Waals surface area contributed by atoms with Crippen LogP contribution in [-0.2, 0) is 4.74 Å². The number of esters is 1. The van der Waals surface area contributed by atoms with Crippen molar-refractivity contribution in [3.8, 4) is 5.75 Å². The Labute approximate surface area is 169 Å². The SMILES string of the molecule is Cc1csc(N2CCN(CC(O)c3ccc(O)c(C(=O)OC(C)C)c3)CC2)n1. The molecule has 8 heteroatoms. The Hall–Kier alpha value is -2.16. The Kier molecular flexibility index (Phi) is 6.53. The first-order chi connectivity index (χ1) is 13.3. The van der Waals surface area contributed by atoms with E-state index in [9.17, 15) is 15.0 Å². The molecule has 0 saturated carbocycles. The number of phenols is 1. The molecule has 2 N–H and O–H groups in total. The second kappa shape index (κ2) is 8.89. The lowest BCUT2D eigenvalue weighted by Crippen LogP contribution is -2.47. The number of aromatic nitrogens is 1. The molecule has 1 saturated heterocycles. The third-order valence-electron chi connectivity index (χ3n) is 4.65. The normalized spacial score (nSPS) is 16.4. The third-order valence-corrected chi connectivity index (χ3v) is 5.67. The Morgan fingerprint density at radius 2 is 2.00 bits per heavy atom. The molecule has 28 heavy (non-hydrogen) atoms. The number of nitrogens with zero attached hydrogens (tertiary/aromatic N) is 3. The summed E-state index contributed by atoms with van der Waals surface area (Å²) in [5.74, 6) is -0.733. The predicted octanol–water partition coefficient (Wildman–Crippen LogP) is 2.58. The first-order valence-corrected chi connectivity index (χ1v) is 10.3. The number of ether oxygens (including phenoxy) is 1. The van der Waals surface area contributed by atoms with Crippen LogP contribution in [0.4, 0.5) is 5.13 Å². The fraction of sp³-hybridized carbons (Fsp3) is 0.500. The highest BCUT2D eigenvalue weighted by Gasteiger charge is 2.23. The van der Waals surface area contributed by atoms with Gasteiger partial charge in [0, 0.05) is 38.1 Å². The van der Waals surface area contributed by atoms with Crippen LogP contribution in [0.5, 0.6) is 5.75 Å². The predicted molar refractivity (Wildman–Crippen MR) is 109 cm³/mol. The number of phenolic OH excluding ortho intramolecular Hbond substituents is 1. The lowest BCUT2D eigenvalue weighted by molar-refractivity contribution is 0.0374. The Bertz CT molecular complexity index is 816. The van der Waals surface area contributed by atoms with Gasteiger partial charge in [-0.25, -0.2) is 9.78 Å². The van der Waals surface area contributed by atoms with Gasteiger partial charge in [-0.15, -0.1) is 11.3 Å². The van der Waals surface area contributed by atoms with E-state index in [-0.39, 0.29) is 17.4 Å². The van der Waals surface area contributed by atoms with E-state index in [2.05, 4.69) is 20.2 Å². The summed E-state index contributed by atoms with van der Waals surface area (Å²) in [7, 11) is 0. The maximum Gasteiger partial charge on any atom is 0.342 e. The van der Waals surface area contributed by atoms with Crippen molar-refractivity contribution in [2.75, 3.05) is 37.6 Å². The van der Waals surface area contributed by atoms with Crippen LogP contribution in [0.3, 0.4) is 0 Å². The smallest absolute Gasteiger partial charge is 0.342 e. The summed E-state index contributed by atoms with van der Waals surface area (Å²) in [6, 6.07) is 4.58. The number of carbonyl (C=O) groups excluding carboxylic acids is 1. The minimum absolute atomic E-state index is 0.0780. The van der Waals surface area contributed by atoms with Crippen LogP contribution in [0.1, 0.15) is 41.6 Å². The molecule has 0 radical (unpaired) electrons. The molecule has 2 aromatic rings. The number of piperazine rings is 1. The standard InChI is InChI=1S/C20H27N3O4S/c1-13(2)27-19(26)16-10-15(4-5-17(16)24)18(25)11-22-6-8-23(9-7-22)20-21-14(3)12-28-20/h4-5,10,12-13,18,24-25H,6-9,11H2,1-3H3. The van der Waals surface area contributed by atoms with Crippen LogP contribution < -0.4 is 4.90 Å². The Balaban J connectivity index is 1.59. The molecule has 0 aliphatic carbocycles. The van der Waals surface area contributed by atoms with E-state index >= 15 is 0 Å². The third kappa shape index (κ3) is 5.01. The van der Waals surface area contributed by atoms with E-state index < -0.39 is 12.1 Å². The highest BCUT2D eigenvalue weighted by molar-refractivity contribution is 7.13. The van der Waals surface area contributed by atoms with E-state index in [0.717, 1.165) is 37.0 Å². The highest BCUT2D eigenvalue weighted by atomic mass is 32.1. The number of hydrogen-bond acceptors (Lipinski definition) is 8. The minimum Gasteiger partial charge on any atom is -0.507 e. The number of anilines is 1. The van der Waals surface area contributed by atoms with Gasteiger partial charge in [-0.1, -0.05) is 6.07 Å². The number of benzene rings is 1. The summed E-state index contributed by atoms with van der Waals surface area (Å²) in [6.07, 6.45) is -1.03. The molecule has 1 aliphatic rings. The number of rotatable bonds is 6. The number of β-amino-alcohol motifs (C(OH)–C–C–N with tert-alkyl or cyclic N) is 1. The first-order valence-electron chi connectivity index (χ1n) is 9.45. The van der Waals surface area contributed by atoms with Gasteiger partial charge in [0.25, 0.3) is 0 Å². The van der Waals surface area contributed by atoms with Gasteiger partial charge in [0.15, 0.2) is 5.13 Å². The second-order valence-electron chi connectivity index (χ2n) is 7.31. The largest absolute Gasteiger partial charge is 0.507 e. The van der Waals surface area contributed by atoms with Crippen molar-refractivity contribution >= 4 is 22.4 Å². The lowest BCUT2D eigenvalue weighted by atomic mass is 10.0. The summed E-state index contributed by atoms with van der Waals surface area (Å²) < 4.78 is 5.16. The van der Waals surface area contributed by atoms with Crippen molar-refractivity contribution in [3.05, 3.63) is 40.4 Å². The molecule has 7 nitrogen and oxygen atoms in total. The van der Waals surface area contributed by atoms with Gasteiger partial charge in [-0.2, -0.15) is 0 Å². The van der Waals surface area contributed by atoms with Crippen LogP contribution in [0.15, 0.2) is 23.6 Å². The average Bonchev–Trinajstić information content (AvgIpc) is 3.08. The number of thiazole rings is 1. The molecule has 0 spiro atoms. The zero-order valence-electron chi connectivity index (χ0n) is 16.5. The van der Waals surface area contributed by atoms with Crippen molar-refractivity contribution in [2.45, 2.75) is 33.0 Å². The first kappa shape index (κ1) is 20.6. The Morgan fingerprint density at radius 3 is 2.61 bits per heavy atom. The summed E-state index contributed by atoms with van der Waals surface area (Å²) in [6.45, 7) is 9.35. The van der Waals surface area contributed by atoms with Gasteiger partial charge in [0.1, 0.15) is 11.3 Å². The van der Waals surface area contributed by atoms with Crippen LogP contribution in [0.25, 0.3) is 0 Å². The zero-order chi connectivity index (χ0) is 20.3. The van der Waals surface area contributed by atoms with Gasteiger partial charge in [0.2, 0.25) is 0 Å². The molecule has 0 bridgehead atoms. The fourth-order valence-electron chi connectivity index (χ4n) is 3.16. The van der Waals surface area contributed by atoms with Crippen LogP contribution in [0.2, 0.25) is 0 Å². The molecule has 1 fully saturated rings. The molecule has 1 unspecified atom stereocenters. The monoisotopic (exact) mass is 405 g/mol.